The largest absolute Gasteiger partial charge is 0.354 e. The summed E-state index contributed by atoms with van der Waals surface area (Å²) in [5, 5.41) is 2.89. The van der Waals surface area contributed by atoms with Crippen LogP contribution in [0.4, 0.5) is 0 Å². The van der Waals surface area contributed by atoms with E-state index in [2.05, 4.69) is 5.32 Å². The van der Waals surface area contributed by atoms with Gasteiger partial charge < -0.3 is 16.0 Å². The van der Waals surface area contributed by atoms with Crippen LogP contribution in [0.3, 0.4) is 0 Å². The maximum Gasteiger partial charge on any atom is 0.254 e. The van der Waals surface area contributed by atoms with E-state index < -0.39 is 0 Å². The minimum atomic E-state index is -0.0455. The zero-order valence-electron chi connectivity index (χ0n) is 13.2. The summed E-state index contributed by atoms with van der Waals surface area (Å²) in [7, 11) is 0. The third kappa shape index (κ3) is 4.31. The molecule has 0 aromatic heterocycles. The van der Waals surface area contributed by atoms with Gasteiger partial charge >= 0.3 is 0 Å². The van der Waals surface area contributed by atoms with E-state index in [0.29, 0.717) is 25.1 Å². The highest BCUT2D eigenvalue weighted by atomic mass is 16.2. The smallest absolute Gasteiger partial charge is 0.254 e. The second kappa shape index (κ2) is 7.94. The lowest BCUT2D eigenvalue weighted by molar-refractivity contribution is -0.121. The number of hydrogen-bond donors (Lipinski definition) is 2. The number of carbonyl (C=O) groups excluding carboxylic acids is 2. The third-order valence-electron chi connectivity index (χ3n) is 4.09. The summed E-state index contributed by atoms with van der Waals surface area (Å²) in [5.74, 6) is 0.00795. The fourth-order valence-corrected chi connectivity index (χ4v) is 2.79. The van der Waals surface area contributed by atoms with Gasteiger partial charge in [-0.15, -0.1) is 0 Å². The van der Waals surface area contributed by atoms with E-state index >= 15 is 0 Å². The number of nitrogens with two attached hydrogens (primary N) is 1. The molecule has 1 aromatic carbocycles. The molecule has 1 unspecified atom stereocenters. The Balaban J connectivity index is 2.00. The fraction of sp³-hybridized carbons (Fsp3) is 0.529. The van der Waals surface area contributed by atoms with Gasteiger partial charge in [0.1, 0.15) is 0 Å². The van der Waals surface area contributed by atoms with Crippen molar-refractivity contribution in [3.8, 4) is 0 Å². The molecule has 22 heavy (non-hydrogen) atoms. The van der Waals surface area contributed by atoms with E-state index in [-0.39, 0.29) is 17.9 Å². The highest BCUT2D eigenvalue weighted by Gasteiger charge is 2.27. The summed E-state index contributed by atoms with van der Waals surface area (Å²) in [4.78, 5) is 26.2. The molecule has 1 fully saturated rings. The Morgan fingerprint density at radius 1 is 1.27 bits per heavy atom. The number of nitrogens with zero attached hydrogens (tertiary/aromatic N) is 1. The molecule has 1 aromatic rings. The first-order valence-electron chi connectivity index (χ1n) is 7.96. The van der Waals surface area contributed by atoms with Crippen LogP contribution in [0, 0.1) is 6.92 Å². The third-order valence-corrected chi connectivity index (χ3v) is 4.09. The average molecular weight is 303 g/mol. The van der Waals surface area contributed by atoms with Crippen LogP contribution in [0.25, 0.3) is 0 Å². The summed E-state index contributed by atoms with van der Waals surface area (Å²) in [5.41, 5.74) is 7.23. The van der Waals surface area contributed by atoms with Crippen LogP contribution in [0.1, 0.15) is 41.6 Å². The maximum absolute atomic E-state index is 12.7. The Hall–Kier alpha value is -1.88. The minimum Gasteiger partial charge on any atom is -0.354 e. The van der Waals surface area contributed by atoms with Crippen molar-refractivity contribution < 1.29 is 9.59 Å². The molecule has 1 heterocycles. The summed E-state index contributed by atoms with van der Waals surface area (Å²) in [6.07, 6.45) is 3.37. The van der Waals surface area contributed by atoms with Crippen molar-refractivity contribution in [3.63, 3.8) is 0 Å². The minimum absolute atomic E-state index is 0.0455. The molecule has 2 amide bonds. The number of hydrogen-bond acceptors (Lipinski definition) is 3. The van der Waals surface area contributed by atoms with E-state index in [1.165, 1.54) is 0 Å². The van der Waals surface area contributed by atoms with Crippen molar-refractivity contribution in [2.45, 2.75) is 38.6 Å². The van der Waals surface area contributed by atoms with Crippen LogP contribution in [-0.4, -0.2) is 42.4 Å². The van der Waals surface area contributed by atoms with Crippen molar-refractivity contribution >= 4 is 11.8 Å². The highest BCUT2D eigenvalue weighted by Crippen LogP contribution is 2.19. The van der Waals surface area contributed by atoms with Crippen molar-refractivity contribution in [2.24, 2.45) is 5.73 Å². The SMILES string of the molecule is Cc1ccc(C(=O)N2CCCCC2CNC(=O)CCN)cc1. The lowest BCUT2D eigenvalue weighted by Crippen LogP contribution is -2.49. The molecule has 120 valence electrons. The van der Waals surface area contributed by atoms with E-state index in [1.807, 2.05) is 36.1 Å². The summed E-state index contributed by atoms with van der Waals surface area (Å²) in [6, 6.07) is 7.72. The first-order chi connectivity index (χ1) is 10.6. The first kappa shape index (κ1) is 16.5. The standard InChI is InChI=1S/C17H25N3O2/c1-13-5-7-14(8-6-13)17(22)20-11-3-2-4-15(20)12-19-16(21)9-10-18/h5-8,15H,2-4,9-12,18H2,1H3,(H,19,21). The van der Waals surface area contributed by atoms with Gasteiger partial charge in [-0.25, -0.2) is 0 Å². The Labute approximate surface area is 131 Å². The average Bonchev–Trinajstić information content (AvgIpc) is 2.53. The van der Waals surface area contributed by atoms with E-state index in [9.17, 15) is 9.59 Å². The molecule has 0 saturated carbocycles. The molecule has 0 bridgehead atoms. The Kier molecular flexibility index (Phi) is 5.95. The molecule has 1 atom stereocenters. The molecule has 3 N–H and O–H groups in total. The van der Waals surface area contributed by atoms with Gasteiger partial charge in [0.25, 0.3) is 5.91 Å². The predicted molar refractivity (Wildman–Crippen MR) is 86.5 cm³/mol. The van der Waals surface area contributed by atoms with Crippen LogP contribution in [0.2, 0.25) is 0 Å². The zero-order chi connectivity index (χ0) is 15.9. The van der Waals surface area contributed by atoms with Crippen molar-refractivity contribution in [1.82, 2.24) is 10.2 Å². The Morgan fingerprint density at radius 2 is 2.00 bits per heavy atom. The molecule has 2 rings (SSSR count). The molecular formula is C17H25N3O2. The van der Waals surface area contributed by atoms with Gasteiger partial charge in [0.05, 0.1) is 0 Å². The maximum atomic E-state index is 12.7. The second-order valence-corrected chi connectivity index (χ2v) is 5.86. The lowest BCUT2D eigenvalue weighted by atomic mass is 10.00. The molecule has 1 aliphatic rings. The zero-order valence-corrected chi connectivity index (χ0v) is 13.2. The number of aryl methyl sites for hydroxylation is 1. The van der Waals surface area contributed by atoms with E-state index in [0.717, 1.165) is 31.4 Å². The number of benzene rings is 1. The second-order valence-electron chi connectivity index (χ2n) is 5.86. The van der Waals surface area contributed by atoms with E-state index in [1.54, 1.807) is 0 Å². The topological polar surface area (TPSA) is 75.4 Å². The van der Waals surface area contributed by atoms with Crippen molar-refractivity contribution in [3.05, 3.63) is 35.4 Å². The van der Waals surface area contributed by atoms with Gasteiger partial charge in [-0.1, -0.05) is 17.7 Å². The Morgan fingerprint density at radius 3 is 2.68 bits per heavy atom. The van der Waals surface area contributed by atoms with Crippen LogP contribution in [0.5, 0.6) is 0 Å². The number of rotatable bonds is 5. The van der Waals surface area contributed by atoms with Crippen molar-refractivity contribution in [1.29, 1.82) is 0 Å². The molecule has 5 nitrogen and oxygen atoms in total. The first-order valence-corrected chi connectivity index (χ1v) is 7.96. The van der Waals surface area contributed by atoms with Crippen LogP contribution >= 0.6 is 0 Å². The number of amides is 2. The number of carbonyl (C=O) groups is 2. The van der Waals surface area contributed by atoms with E-state index in [4.69, 9.17) is 5.73 Å². The Bertz CT molecular complexity index is 513. The van der Waals surface area contributed by atoms with Crippen LogP contribution < -0.4 is 11.1 Å². The summed E-state index contributed by atoms with van der Waals surface area (Å²) in [6.45, 7) is 3.62. The number of likely N-dealkylation sites (tertiary alicyclic amines) is 1. The molecule has 5 heteroatoms. The predicted octanol–water partition coefficient (Wildman–Crippen LogP) is 1.45. The number of piperidine rings is 1. The van der Waals surface area contributed by atoms with Crippen LogP contribution in [-0.2, 0) is 4.79 Å². The number of nitrogens with one attached hydrogen (secondary N) is 1. The molecule has 0 aliphatic carbocycles. The van der Waals surface area contributed by atoms with Gasteiger partial charge in [-0.2, -0.15) is 0 Å². The summed E-state index contributed by atoms with van der Waals surface area (Å²) >= 11 is 0. The molecule has 1 saturated heterocycles. The molecule has 1 aliphatic heterocycles. The summed E-state index contributed by atoms with van der Waals surface area (Å²) < 4.78 is 0. The lowest BCUT2D eigenvalue weighted by Gasteiger charge is -2.36. The quantitative estimate of drug-likeness (QED) is 0.864. The van der Waals surface area contributed by atoms with Gasteiger partial charge in [0.15, 0.2) is 0 Å². The van der Waals surface area contributed by atoms with Gasteiger partial charge in [-0.3, -0.25) is 9.59 Å². The monoisotopic (exact) mass is 303 g/mol. The van der Waals surface area contributed by atoms with Crippen molar-refractivity contribution in [2.75, 3.05) is 19.6 Å². The molecule has 0 spiro atoms. The molecule has 0 radical (unpaired) electrons. The molecular weight excluding hydrogens is 278 g/mol. The fourth-order valence-electron chi connectivity index (χ4n) is 2.79. The van der Waals surface area contributed by atoms with Gasteiger partial charge in [0, 0.05) is 37.7 Å². The normalized spacial score (nSPS) is 18.1. The van der Waals surface area contributed by atoms with Gasteiger partial charge in [0.2, 0.25) is 5.91 Å². The highest BCUT2D eigenvalue weighted by molar-refractivity contribution is 5.94. The van der Waals surface area contributed by atoms with Crippen LogP contribution in [0.15, 0.2) is 24.3 Å². The van der Waals surface area contributed by atoms with Gasteiger partial charge in [-0.05, 0) is 38.3 Å².